The van der Waals surface area contributed by atoms with Gasteiger partial charge in [-0.3, -0.25) is 0 Å². The quantitative estimate of drug-likeness (QED) is 0.346. The SMILES string of the molecule is CCOC1([O-])CC1.[Br-].[Mg+2]. The summed E-state index contributed by atoms with van der Waals surface area (Å²) < 4.78 is 4.78. The number of hydrogen-bond acceptors (Lipinski definition) is 2. The summed E-state index contributed by atoms with van der Waals surface area (Å²) in [6.07, 6.45) is 1.42. The van der Waals surface area contributed by atoms with E-state index < -0.39 is 5.79 Å². The summed E-state index contributed by atoms with van der Waals surface area (Å²) in [5, 5.41) is 10.6. The standard InChI is InChI=1S/C5H9O2.BrH.Mg/c1-2-7-5(6)3-4-5;;/h2-4H2,1H3;1H;/q-1;;+2/p-1. The topological polar surface area (TPSA) is 32.3 Å². The van der Waals surface area contributed by atoms with Gasteiger partial charge in [-0.25, -0.2) is 0 Å². The zero-order chi connectivity index (χ0) is 5.33. The van der Waals surface area contributed by atoms with Crippen molar-refractivity contribution in [3.63, 3.8) is 0 Å². The molecule has 0 aliphatic heterocycles. The van der Waals surface area contributed by atoms with Crippen LogP contribution in [0.5, 0.6) is 0 Å². The minimum absolute atomic E-state index is 0. The van der Waals surface area contributed by atoms with Crippen LogP contribution in [0.15, 0.2) is 0 Å². The van der Waals surface area contributed by atoms with Crippen LogP contribution in [0.4, 0.5) is 0 Å². The van der Waals surface area contributed by atoms with E-state index >= 15 is 0 Å². The molecule has 0 aromatic heterocycles. The molecular formula is C5H9BrMgO2. The molecule has 0 N–H and O–H groups in total. The Labute approximate surface area is 81.9 Å². The Morgan fingerprint density at radius 2 is 2.00 bits per heavy atom. The molecule has 0 bridgehead atoms. The second-order valence-electron chi connectivity index (χ2n) is 1.84. The molecule has 1 fully saturated rings. The maximum absolute atomic E-state index is 10.6. The van der Waals surface area contributed by atoms with Crippen LogP contribution in [0, 0.1) is 0 Å². The molecule has 9 heavy (non-hydrogen) atoms. The Hall–Kier alpha value is 1.17. The average molecular weight is 205 g/mol. The third-order valence-corrected chi connectivity index (χ3v) is 1.07. The first kappa shape index (κ1) is 12.8. The molecule has 0 heterocycles. The van der Waals surface area contributed by atoms with Crippen LogP contribution in [-0.4, -0.2) is 35.4 Å². The third kappa shape index (κ3) is 4.55. The molecular weight excluding hydrogens is 196 g/mol. The molecule has 0 radical (unpaired) electrons. The number of hydrogen-bond donors (Lipinski definition) is 0. The molecule has 1 aliphatic rings. The minimum atomic E-state index is -0.950. The smallest absolute Gasteiger partial charge is 1.00 e. The summed E-state index contributed by atoms with van der Waals surface area (Å²) >= 11 is 0. The van der Waals surface area contributed by atoms with Crippen molar-refractivity contribution < 1.29 is 26.8 Å². The van der Waals surface area contributed by atoms with Gasteiger partial charge < -0.3 is 26.8 Å². The molecule has 0 saturated heterocycles. The van der Waals surface area contributed by atoms with Crippen molar-refractivity contribution in [2.24, 2.45) is 0 Å². The van der Waals surface area contributed by atoms with E-state index in [9.17, 15) is 5.11 Å². The fourth-order valence-electron chi connectivity index (χ4n) is 0.509. The maximum Gasteiger partial charge on any atom is 2.00 e. The van der Waals surface area contributed by atoms with Gasteiger partial charge in [0.05, 0.1) is 0 Å². The van der Waals surface area contributed by atoms with Gasteiger partial charge in [0, 0.05) is 6.61 Å². The molecule has 0 aromatic carbocycles. The Balaban J connectivity index is 0. The molecule has 2 nitrogen and oxygen atoms in total. The van der Waals surface area contributed by atoms with Crippen LogP contribution < -0.4 is 22.1 Å². The van der Waals surface area contributed by atoms with Crippen LogP contribution in [0.3, 0.4) is 0 Å². The Kier molecular flexibility index (Phi) is 6.98. The van der Waals surface area contributed by atoms with Crippen molar-refractivity contribution in [1.29, 1.82) is 0 Å². The normalized spacial score (nSPS) is 19.3. The summed E-state index contributed by atoms with van der Waals surface area (Å²) in [5.74, 6) is -0.950. The van der Waals surface area contributed by atoms with E-state index in [4.69, 9.17) is 4.74 Å². The molecule has 0 spiro atoms. The van der Waals surface area contributed by atoms with E-state index in [2.05, 4.69) is 0 Å². The summed E-state index contributed by atoms with van der Waals surface area (Å²) in [6.45, 7) is 2.40. The molecule has 0 amide bonds. The summed E-state index contributed by atoms with van der Waals surface area (Å²) in [7, 11) is 0. The van der Waals surface area contributed by atoms with Crippen LogP contribution >= 0.6 is 0 Å². The zero-order valence-electron chi connectivity index (χ0n) is 5.52. The molecule has 1 aliphatic carbocycles. The fraction of sp³-hybridized carbons (Fsp3) is 1.00. The van der Waals surface area contributed by atoms with Crippen LogP contribution in [0.1, 0.15) is 19.8 Å². The second-order valence-corrected chi connectivity index (χ2v) is 1.84. The van der Waals surface area contributed by atoms with Crippen molar-refractivity contribution in [3.05, 3.63) is 0 Å². The first-order valence-corrected chi connectivity index (χ1v) is 2.61. The minimum Gasteiger partial charge on any atom is -1.00 e. The Bertz CT molecular complexity index is 75.4. The number of rotatable bonds is 2. The van der Waals surface area contributed by atoms with Crippen molar-refractivity contribution in [2.45, 2.75) is 25.6 Å². The largest absolute Gasteiger partial charge is 2.00 e. The zero-order valence-corrected chi connectivity index (χ0v) is 8.52. The predicted molar refractivity (Wildman–Crippen MR) is 29.3 cm³/mol. The average Bonchev–Trinajstić information content (AvgIpc) is 2.22. The van der Waals surface area contributed by atoms with Gasteiger partial charge in [-0.1, -0.05) is 0 Å². The van der Waals surface area contributed by atoms with E-state index in [-0.39, 0.29) is 40.0 Å². The predicted octanol–water partition coefficient (Wildman–Crippen LogP) is -3.50. The molecule has 1 rings (SSSR count). The molecule has 0 unspecified atom stereocenters. The molecule has 0 atom stereocenters. The summed E-state index contributed by atoms with van der Waals surface area (Å²) in [6, 6.07) is 0. The molecule has 1 saturated carbocycles. The molecule has 50 valence electrons. The van der Waals surface area contributed by atoms with Gasteiger partial charge in [0.25, 0.3) is 0 Å². The molecule has 4 heteroatoms. The first-order valence-electron chi connectivity index (χ1n) is 2.61. The number of ether oxygens (including phenoxy) is 1. The monoisotopic (exact) mass is 204 g/mol. The van der Waals surface area contributed by atoms with Gasteiger partial charge in [0.1, 0.15) is 0 Å². The van der Waals surface area contributed by atoms with Gasteiger partial charge >= 0.3 is 23.1 Å². The van der Waals surface area contributed by atoms with Crippen molar-refractivity contribution in [3.8, 4) is 0 Å². The van der Waals surface area contributed by atoms with Crippen molar-refractivity contribution in [1.82, 2.24) is 0 Å². The van der Waals surface area contributed by atoms with E-state index in [0.717, 1.165) is 0 Å². The Morgan fingerprint density at radius 3 is 2.11 bits per heavy atom. The number of halogens is 1. The van der Waals surface area contributed by atoms with E-state index in [0.29, 0.717) is 19.4 Å². The van der Waals surface area contributed by atoms with Gasteiger partial charge in [-0.05, 0) is 25.6 Å². The fourth-order valence-corrected chi connectivity index (χ4v) is 0.509. The maximum atomic E-state index is 10.6. The third-order valence-electron chi connectivity index (χ3n) is 1.07. The van der Waals surface area contributed by atoms with Crippen molar-refractivity contribution in [2.75, 3.05) is 6.61 Å². The van der Waals surface area contributed by atoms with Crippen molar-refractivity contribution >= 4 is 23.1 Å². The van der Waals surface area contributed by atoms with E-state index in [1.54, 1.807) is 0 Å². The first-order chi connectivity index (χ1) is 3.27. The van der Waals surface area contributed by atoms with Crippen LogP contribution in [-0.2, 0) is 4.74 Å². The van der Waals surface area contributed by atoms with Crippen LogP contribution in [0.25, 0.3) is 0 Å². The van der Waals surface area contributed by atoms with Gasteiger partial charge in [-0.2, -0.15) is 0 Å². The molecule has 0 aromatic rings. The van der Waals surface area contributed by atoms with E-state index in [1.165, 1.54) is 0 Å². The summed E-state index contributed by atoms with van der Waals surface area (Å²) in [4.78, 5) is 0. The van der Waals surface area contributed by atoms with Gasteiger partial charge in [0.2, 0.25) is 0 Å². The Morgan fingerprint density at radius 1 is 1.56 bits per heavy atom. The van der Waals surface area contributed by atoms with Gasteiger partial charge in [-0.15, -0.1) is 0 Å². The van der Waals surface area contributed by atoms with E-state index in [1.807, 2.05) is 6.92 Å². The van der Waals surface area contributed by atoms with Crippen LogP contribution in [0.2, 0.25) is 0 Å². The van der Waals surface area contributed by atoms with Gasteiger partial charge in [0.15, 0.2) is 0 Å². The summed E-state index contributed by atoms with van der Waals surface area (Å²) in [5.41, 5.74) is 0. The second kappa shape index (κ2) is 4.90.